The van der Waals surface area contributed by atoms with Gasteiger partial charge in [0, 0.05) is 18.2 Å². The van der Waals surface area contributed by atoms with Gasteiger partial charge in [0.1, 0.15) is 0 Å². The Balaban J connectivity index is 3.68. The molecule has 0 spiro atoms. The molecular weight excluding hydrogens is 182 g/mol. The van der Waals surface area contributed by atoms with E-state index in [-0.39, 0.29) is 0 Å². The molecule has 0 radical (unpaired) electrons. The lowest BCUT2D eigenvalue weighted by Gasteiger charge is -2.04. The molecule has 0 aromatic heterocycles. The Bertz CT molecular complexity index is 229. The van der Waals surface area contributed by atoms with Crippen LogP contribution >= 0.6 is 0 Å². The first-order valence-electron chi connectivity index (χ1n) is 6.24. The summed E-state index contributed by atoms with van der Waals surface area (Å²) in [4.78, 5) is 4.27. The third-order valence-electron chi connectivity index (χ3n) is 2.79. The third-order valence-corrected chi connectivity index (χ3v) is 2.79. The molecule has 0 bridgehead atoms. The molecule has 0 aromatic carbocycles. The molecule has 0 saturated carbocycles. The summed E-state index contributed by atoms with van der Waals surface area (Å²) < 4.78 is 0. The van der Waals surface area contributed by atoms with Crippen LogP contribution in [0.25, 0.3) is 0 Å². The van der Waals surface area contributed by atoms with Crippen LogP contribution in [-0.2, 0) is 0 Å². The minimum atomic E-state index is 0.569. The summed E-state index contributed by atoms with van der Waals surface area (Å²) in [5.41, 5.74) is 1.17. The van der Waals surface area contributed by atoms with Gasteiger partial charge in [0.15, 0.2) is 0 Å². The minimum Gasteiger partial charge on any atom is -0.207 e. The summed E-state index contributed by atoms with van der Waals surface area (Å²) in [7, 11) is 0. The van der Waals surface area contributed by atoms with Crippen LogP contribution in [0.1, 0.15) is 66.2 Å². The van der Waals surface area contributed by atoms with Crippen LogP contribution in [0.2, 0.25) is 0 Å². The van der Waals surface area contributed by atoms with Crippen molar-refractivity contribution in [3.8, 4) is 12.0 Å². The lowest BCUT2D eigenvalue weighted by atomic mass is 10.0. The van der Waals surface area contributed by atoms with Crippen LogP contribution in [0.5, 0.6) is 0 Å². The van der Waals surface area contributed by atoms with E-state index < -0.39 is 0 Å². The van der Waals surface area contributed by atoms with E-state index in [0.717, 1.165) is 12.8 Å². The zero-order chi connectivity index (χ0) is 11.5. The van der Waals surface area contributed by atoms with Gasteiger partial charge in [-0.15, -0.1) is 0 Å². The van der Waals surface area contributed by atoms with E-state index in [1.54, 1.807) is 0 Å². The van der Waals surface area contributed by atoms with Gasteiger partial charge in [0.2, 0.25) is 0 Å². The summed E-state index contributed by atoms with van der Waals surface area (Å²) in [6, 6.07) is 2.92. The highest BCUT2D eigenvalue weighted by Gasteiger charge is 2.00. The Hall–Kier alpha value is -0.770. The first-order chi connectivity index (χ1) is 7.22. The molecule has 0 aromatic rings. The van der Waals surface area contributed by atoms with Crippen LogP contribution in [-0.4, -0.2) is 5.71 Å². The summed E-state index contributed by atoms with van der Waals surface area (Å²) in [5, 5.41) is 0. The lowest BCUT2D eigenvalue weighted by molar-refractivity contribution is 0.679. The minimum absolute atomic E-state index is 0.569. The summed E-state index contributed by atoms with van der Waals surface area (Å²) in [5.74, 6) is 3.69. The molecule has 0 amide bonds. The molecule has 1 nitrogen and oxygen atoms in total. The Morgan fingerprint density at radius 2 is 1.93 bits per heavy atom. The summed E-state index contributed by atoms with van der Waals surface area (Å²) in [6.45, 7) is 8.68. The van der Waals surface area contributed by atoms with Gasteiger partial charge in [0.25, 0.3) is 0 Å². The van der Waals surface area contributed by atoms with Gasteiger partial charge in [-0.1, -0.05) is 46.0 Å². The van der Waals surface area contributed by atoms with E-state index in [2.05, 4.69) is 44.7 Å². The van der Waals surface area contributed by atoms with E-state index >= 15 is 0 Å². The molecule has 1 atom stereocenters. The molecule has 1 heteroatoms. The van der Waals surface area contributed by atoms with Crippen molar-refractivity contribution < 1.29 is 0 Å². The van der Waals surface area contributed by atoms with Gasteiger partial charge in [-0.05, 0) is 25.7 Å². The highest BCUT2D eigenvalue weighted by molar-refractivity contribution is 5.84. The zero-order valence-corrected chi connectivity index (χ0v) is 10.8. The molecular formula is C14H25N. The second-order valence-corrected chi connectivity index (χ2v) is 4.16. The van der Waals surface area contributed by atoms with E-state index in [1.165, 1.54) is 31.4 Å². The van der Waals surface area contributed by atoms with Crippen molar-refractivity contribution in [1.29, 1.82) is 0 Å². The predicted molar refractivity (Wildman–Crippen MR) is 69.1 cm³/mol. The molecule has 0 N–H and O–H groups in total. The molecule has 1 unspecified atom stereocenters. The summed E-state index contributed by atoms with van der Waals surface area (Å²) in [6.07, 6.45) is 7.29. The van der Waals surface area contributed by atoms with Crippen LogP contribution in [0.3, 0.4) is 0 Å². The van der Waals surface area contributed by atoms with Crippen molar-refractivity contribution in [1.82, 2.24) is 0 Å². The third kappa shape index (κ3) is 8.24. The molecule has 0 saturated heterocycles. The van der Waals surface area contributed by atoms with Crippen LogP contribution in [0, 0.1) is 17.9 Å². The van der Waals surface area contributed by atoms with Crippen molar-refractivity contribution in [3.05, 3.63) is 0 Å². The Morgan fingerprint density at radius 3 is 2.53 bits per heavy atom. The van der Waals surface area contributed by atoms with E-state index in [4.69, 9.17) is 0 Å². The van der Waals surface area contributed by atoms with Gasteiger partial charge >= 0.3 is 0 Å². The van der Waals surface area contributed by atoms with Crippen molar-refractivity contribution in [3.63, 3.8) is 0 Å². The van der Waals surface area contributed by atoms with Crippen LogP contribution in [0.15, 0.2) is 4.99 Å². The number of nitrogens with zero attached hydrogens (tertiary/aromatic N) is 1. The molecule has 86 valence electrons. The first-order valence-corrected chi connectivity index (χ1v) is 6.24. The molecule has 0 aliphatic carbocycles. The van der Waals surface area contributed by atoms with Crippen molar-refractivity contribution >= 4 is 5.71 Å². The topological polar surface area (TPSA) is 12.4 Å². The average Bonchev–Trinajstić information content (AvgIpc) is 2.26. The fourth-order valence-corrected chi connectivity index (χ4v) is 1.23. The van der Waals surface area contributed by atoms with Gasteiger partial charge in [-0.3, -0.25) is 0 Å². The molecule has 0 fully saturated rings. The number of hydrogen-bond donors (Lipinski definition) is 0. The Labute approximate surface area is 95.4 Å². The maximum absolute atomic E-state index is 4.27. The molecule has 0 aliphatic heterocycles. The largest absolute Gasteiger partial charge is 0.207 e. The first kappa shape index (κ1) is 14.2. The Kier molecular flexibility index (Phi) is 9.27. The van der Waals surface area contributed by atoms with Gasteiger partial charge in [-0.25, -0.2) is 4.99 Å². The molecule has 0 heterocycles. The maximum atomic E-state index is 4.27. The van der Waals surface area contributed by atoms with Gasteiger partial charge in [-0.2, -0.15) is 0 Å². The highest BCUT2D eigenvalue weighted by atomic mass is 14.7. The van der Waals surface area contributed by atoms with E-state index in [0.29, 0.717) is 5.92 Å². The average molecular weight is 207 g/mol. The molecule has 15 heavy (non-hydrogen) atoms. The number of hydrogen-bond acceptors (Lipinski definition) is 1. The fraction of sp³-hybridized carbons (Fsp3) is 0.786. The van der Waals surface area contributed by atoms with Crippen molar-refractivity contribution in [2.45, 2.75) is 66.2 Å². The maximum Gasteiger partial charge on any atom is 0.0335 e. The molecule has 0 rings (SSSR count). The second kappa shape index (κ2) is 9.77. The SMILES string of the molecule is CCCCCCC#CN=C(C)C(C)CC. The smallest absolute Gasteiger partial charge is 0.0335 e. The number of aliphatic imine (C=N–C) groups is 1. The fourth-order valence-electron chi connectivity index (χ4n) is 1.23. The van der Waals surface area contributed by atoms with E-state index in [9.17, 15) is 0 Å². The normalized spacial score (nSPS) is 13.2. The zero-order valence-electron chi connectivity index (χ0n) is 10.8. The van der Waals surface area contributed by atoms with Crippen molar-refractivity contribution in [2.75, 3.05) is 0 Å². The predicted octanol–water partition coefficient (Wildman–Crippen LogP) is 4.42. The highest BCUT2D eigenvalue weighted by Crippen LogP contribution is 2.03. The monoisotopic (exact) mass is 207 g/mol. The number of unbranched alkanes of at least 4 members (excludes halogenated alkanes) is 4. The van der Waals surface area contributed by atoms with Gasteiger partial charge < -0.3 is 0 Å². The quantitative estimate of drug-likeness (QED) is 0.347. The standard InChI is InChI=1S/C14H25N/c1-5-7-8-9-10-11-12-15-14(4)13(3)6-2/h13H,5-10H2,1-4H3. The second-order valence-electron chi connectivity index (χ2n) is 4.16. The summed E-state index contributed by atoms with van der Waals surface area (Å²) >= 11 is 0. The van der Waals surface area contributed by atoms with Gasteiger partial charge in [0.05, 0.1) is 0 Å². The van der Waals surface area contributed by atoms with Crippen LogP contribution < -0.4 is 0 Å². The number of rotatable bonds is 6. The lowest BCUT2D eigenvalue weighted by Crippen LogP contribution is -2.04. The van der Waals surface area contributed by atoms with Crippen molar-refractivity contribution in [2.24, 2.45) is 10.9 Å². The molecule has 0 aliphatic rings. The Morgan fingerprint density at radius 1 is 1.20 bits per heavy atom. The van der Waals surface area contributed by atoms with Crippen LogP contribution in [0.4, 0.5) is 0 Å². The van der Waals surface area contributed by atoms with E-state index in [1.807, 2.05) is 0 Å².